The third-order valence-electron chi connectivity index (χ3n) is 3.16. The van der Waals surface area contributed by atoms with E-state index in [0.29, 0.717) is 6.54 Å². The summed E-state index contributed by atoms with van der Waals surface area (Å²) < 4.78 is 2.05. The number of hydrogen-bond acceptors (Lipinski definition) is 3. The first-order valence-electron chi connectivity index (χ1n) is 6.78. The van der Waals surface area contributed by atoms with Crippen LogP contribution in [0.25, 0.3) is 0 Å². The summed E-state index contributed by atoms with van der Waals surface area (Å²) in [6.07, 6.45) is 3.94. The van der Waals surface area contributed by atoms with Gasteiger partial charge in [-0.1, -0.05) is 37.3 Å². The van der Waals surface area contributed by atoms with Crippen LogP contribution in [-0.2, 0) is 19.6 Å². The summed E-state index contributed by atoms with van der Waals surface area (Å²) in [6, 6.07) is 10.5. The number of aromatic nitrogens is 2. The van der Waals surface area contributed by atoms with Crippen molar-refractivity contribution < 1.29 is 0 Å². The molecule has 0 fully saturated rings. The maximum atomic E-state index is 5.54. The third-order valence-corrected chi connectivity index (χ3v) is 3.16. The second kappa shape index (κ2) is 7.07. The molecule has 4 nitrogen and oxygen atoms in total. The molecule has 0 saturated heterocycles. The summed E-state index contributed by atoms with van der Waals surface area (Å²) in [5.74, 6) is 0. The number of hydrogen-bond donors (Lipinski definition) is 1. The lowest BCUT2D eigenvalue weighted by Gasteiger charge is -2.19. The second-order valence-corrected chi connectivity index (χ2v) is 4.68. The van der Waals surface area contributed by atoms with Crippen molar-refractivity contribution in [2.24, 2.45) is 5.73 Å². The van der Waals surface area contributed by atoms with Gasteiger partial charge in [-0.05, 0) is 12.1 Å². The molecule has 0 atom stereocenters. The fourth-order valence-corrected chi connectivity index (χ4v) is 2.11. The third kappa shape index (κ3) is 4.19. The quantitative estimate of drug-likeness (QED) is 0.824. The summed E-state index contributed by atoms with van der Waals surface area (Å²) in [7, 11) is 0. The van der Waals surface area contributed by atoms with Crippen molar-refractivity contribution in [3.05, 3.63) is 54.1 Å². The molecule has 0 saturated carbocycles. The fourth-order valence-electron chi connectivity index (χ4n) is 2.11. The van der Waals surface area contributed by atoms with Gasteiger partial charge in [0.1, 0.15) is 0 Å². The van der Waals surface area contributed by atoms with Gasteiger partial charge in [0.25, 0.3) is 0 Å². The van der Waals surface area contributed by atoms with E-state index in [9.17, 15) is 0 Å². The summed E-state index contributed by atoms with van der Waals surface area (Å²) in [4.78, 5) is 6.81. The molecule has 1 aromatic carbocycles. The van der Waals surface area contributed by atoms with Crippen LogP contribution in [0.2, 0.25) is 0 Å². The van der Waals surface area contributed by atoms with Gasteiger partial charge >= 0.3 is 0 Å². The molecule has 0 spiro atoms. The molecule has 0 aliphatic carbocycles. The molecule has 2 aromatic rings. The highest BCUT2D eigenvalue weighted by molar-refractivity contribution is 5.14. The Bertz CT molecular complexity index is 478. The molecule has 4 heteroatoms. The van der Waals surface area contributed by atoms with E-state index in [2.05, 4.69) is 47.3 Å². The Morgan fingerprint density at radius 2 is 2.00 bits per heavy atom. The summed E-state index contributed by atoms with van der Waals surface area (Å²) in [5, 5.41) is 0. The monoisotopic (exact) mass is 258 g/mol. The summed E-state index contributed by atoms with van der Waals surface area (Å²) in [5.41, 5.74) is 7.98. The van der Waals surface area contributed by atoms with Crippen LogP contribution in [-0.4, -0.2) is 27.5 Å². The van der Waals surface area contributed by atoms with E-state index < -0.39 is 0 Å². The SMILES string of the molecule is CCN(Cc1ccccc1)Cc1cn(CCN)cn1. The van der Waals surface area contributed by atoms with Gasteiger partial charge in [-0.25, -0.2) is 4.98 Å². The van der Waals surface area contributed by atoms with Crippen LogP contribution >= 0.6 is 0 Å². The van der Waals surface area contributed by atoms with E-state index >= 15 is 0 Å². The summed E-state index contributed by atoms with van der Waals surface area (Å²) in [6.45, 7) is 6.51. The fraction of sp³-hybridized carbons (Fsp3) is 0.400. The Morgan fingerprint density at radius 3 is 2.68 bits per heavy atom. The maximum Gasteiger partial charge on any atom is 0.0950 e. The Kier molecular flexibility index (Phi) is 5.12. The molecule has 2 rings (SSSR count). The van der Waals surface area contributed by atoms with Gasteiger partial charge in [0.2, 0.25) is 0 Å². The van der Waals surface area contributed by atoms with Crippen LogP contribution in [0, 0.1) is 0 Å². The van der Waals surface area contributed by atoms with Crippen molar-refractivity contribution in [2.45, 2.75) is 26.6 Å². The molecule has 0 unspecified atom stereocenters. The molecule has 19 heavy (non-hydrogen) atoms. The van der Waals surface area contributed by atoms with Crippen LogP contribution in [0.3, 0.4) is 0 Å². The van der Waals surface area contributed by atoms with E-state index in [1.54, 1.807) is 0 Å². The molecule has 102 valence electrons. The lowest BCUT2D eigenvalue weighted by atomic mass is 10.2. The Morgan fingerprint density at radius 1 is 1.21 bits per heavy atom. The largest absolute Gasteiger partial charge is 0.336 e. The van der Waals surface area contributed by atoms with Gasteiger partial charge < -0.3 is 10.3 Å². The zero-order valence-electron chi connectivity index (χ0n) is 11.5. The number of nitrogens with two attached hydrogens (primary N) is 1. The number of benzene rings is 1. The van der Waals surface area contributed by atoms with Gasteiger partial charge in [-0.2, -0.15) is 0 Å². The van der Waals surface area contributed by atoms with Crippen molar-refractivity contribution >= 4 is 0 Å². The number of nitrogens with zero attached hydrogens (tertiary/aromatic N) is 3. The van der Waals surface area contributed by atoms with Crippen LogP contribution < -0.4 is 5.73 Å². The minimum atomic E-state index is 0.650. The second-order valence-electron chi connectivity index (χ2n) is 4.68. The minimum absolute atomic E-state index is 0.650. The zero-order valence-corrected chi connectivity index (χ0v) is 11.5. The smallest absolute Gasteiger partial charge is 0.0950 e. The standard InChI is InChI=1S/C15H22N4/c1-2-18(10-14-6-4-3-5-7-14)11-15-12-19(9-8-16)13-17-15/h3-7,12-13H,2,8-11,16H2,1H3. The van der Waals surface area contributed by atoms with Crippen molar-refractivity contribution in [3.63, 3.8) is 0 Å². The first-order chi connectivity index (χ1) is 9.31. The molecular formula is C15H22N4. The highest BCUT2D eigenvalue weighted by Gasteiger charge is 2.07. The van der Waals surface area contributed by atoms with E-state index in [1.807, 2.05) is 17.0 Å². The molecule has 0 bridgehead atoms. The van der Waals surface area contributed by atoms with Crippen molar-refractivity contribution in [1.82, 2.24) is 14.5 Å². The number of imidazole rings is 1. The Balaban J connectivity index is 1.94. The molecule has 1 heterocycles. The van der Waals surface area contributed by atoms with E-state index in [4.69, 9.17) is 5.73 Å². The molecule has 1 aromatic heterocycles. The minimum Gasteiger partial charge on any atom is -0.336 e. The van der Waals surface area contributed by atoms with E-state index in [1.165, 1.54) is 5.56 Å². The molecule has 0 aliphatic heterocycles. The lowest BCUT2D eigenvalue weighted by molar-refractivity contribution is 0.268. The Labute approximate surface area is 114 Å². The predicted octanol–water partition coefficient (Wildman–Crippen LogP) is 1.86. The van der Waals surface area contributed by atoms with Gasteiger partial charge in [-0.15, -0.1) is 0 Å². The summed E-state index contributed by atoms with van der Waals surface area (Å²) >= 11 is 0. The van der Waals surface area contributed by atoms with Gasteiger partial charge in [0.05, 0.1) is 12.0 Å². The molecule has 2 N–H and O–H groups in total. The van der Waals surface area contributed by atoms with Crippen molar-refractivity contribution in [2.75, 3.05) is 13.1 Å². The molecular weight excluding hydrogens is 236 g/mol. The van der Waals surface area contributed by atoms with Gasteiger partial charge in [0.15, 0.2) is 0 Å². The van der Waals surface area contributed by atoms with Gasteiger partial charge in [-0.3, -0.25) is 4.90 Å². The van der Waals surface area contributed by atoms with Crippen LogP contribution in [0.1, 0.15) is 18.2 Å². The Hall–Kier alpha value is -1.65. The topological polar surface area (TPSA) is 47.1 Å². The van der Waals surface area contributed by atoms with Crippen molar-refractivity contribution in [1.29, 1.82) is 0 Å². The van der Waals surface area contributed by atoms with Crippen LogP contribution in [0.4, 0.5) is 0 Å². The number of rotatable bonds is 7. The lowest BCUT2D eigenvalue weighted by Crippen LogP contribution is -2.22. The highest BCUT2D eigenvalue weighted by Crippen LogP contribution is 2.08. The van der Waals surface area contributed by atoms with Crippen LogP contribution in [0.5, 0.6) is 0 Å². The molecule has 0 amide bonds. The zero-order chi connectivity index (χ0) is 13.5. The van der Waals surface area contributed by atoms with Gasteiger partial charge in [0, 0.05) is 32.4 Å². The average Bonchev–Trinajstić information content (AvgIpc) is 2.87. The molecule has 0 aliphatic rings. The first-order valence-corrected chi connectivity index (χ1v) is 6.78. The molecule has 0 radical (unpaired) electrons. The maximum absolute atomic E-state index is 5.54. The van der Waals surface area contributed by atoms with Crippen LogP contribution in [0.15, 0.2) is 42.9 Å². The normalized spacial score (nSPS) is 11.1. The van der Waals surface area contributed by atoms with Crippen molar-refractivity contribution in [3.8, 4) is 0 Å². The van der Waals surface area contributed by atoms with E-state index in [-0.39, 0.29) is 0 Å². The predicted molar refractivity (Wildman–Crippen MR) is 77.5 cm³/mol. The van der Waals surface area contributed by atoms with E-state index in [0.717, 1.165) is 31.9 Å². The first kappa shape index (κ1) is 13.8. The average molecular weight is 258 g/mol. The highest BCUT2D eigenvalue weighted by atomic mass is 15.1.